The van der Waals surface area contributed by atoms with E-state index in [4.69, 9.17) is 10.2 Å². The first-order valence-corrected chi connectivity index (χ1v) is 6.95. The number of nitrogens with one attached hydrogen (secondary N) is 1. The lowest BCUT2D eigenvalue weighted by molar-refractivity contribution is -0.148. The molecule has 0 aromatic carbocycles. The summed E-state index contributed by atoms with van der Waals surface area (Å²) in [5, 5.41) is 19.8. The van der Waals surface area contributed by atoms with Crippen LogP contribution in [0.5, 0.6) is 0 Å². The zero-order valence-electron chi connectivity index (χ0n) is 11.4. The van der Waals surface area contributed by atoms with Crippen LogP contribution in [0.4, 0.5) is 0 Å². The van der Waals surface area contributed by atoms with E-state index in [0.29, 0.717) is 19.4 Å². The molecule has 1 heterocycles. The number of likely N-dealkylation sites (tertiary alicyclic amines) is 1. The summed E-state index contributed by atoms with van der Waals surface area (Å²) in [6.07, 6.45) is 2.14. The number of amides is 2. The standard InChI is InChI=1S/C13H18N2O6/c16-10(17)6-8(13(20)21)14-11(18)9-2-1-5-15(9)12(19)7-3-4-7/h7-9H,1-6H2,(H,14,18)(H,16,17)(H,20,21)/t8-,9?/m0/s1. The average Bonchev–Trinajstić information content (AvgIpc) is 3.13. The van der Waals surface area contributed by atoms with Gasteiger partial charge in [-0.25, -0.2) is 4.79 Å². The molecule has 2 aliphatic rings. The Labute approximate surface area is 121 Å². The molecule has 0 spiro atoms. The van der Waals surface area contributed by atoms with Gasteiger partial charge >= 0.3 is 11.9 Å². The van der Waals surface area contributed by atoms with Crippen LogP contribution < -0.4 is 5.32 Å². The van der Waals surface area contributed by atoms with Gasteiger partial charge in [-0.05, 0) is 25.7 Å². The molecule has 1 aliphatic carbocycles. The highest BCUT2D eigenvalue weighted by Gasteiger charge is 2.41. The Bertz CT molecular complexity index is 473. The second-order valence-electron chi connectivity index (χ2n) is 5.46. The van der Waals surface area contributed by atoms with Crippen molar-refractivity contribution in [2.75, 3.05) is 6.54 Å². The number of carboxylic acid groups (broad SMARTS) is 2. The van der Waals surface area contributed by atoms with Crippen molar-refractivity contribution < 1.29 is 29.4 Å². The minimum atomic E-state index is -1.48. The van der Waals surface area contributed by atoms with Crippen LogP contribution in [0.2, 0.25) is 0 Å². The summed E-state index contributed by atoms with van der Waals surface area (Å²) in [5.41, 5.74) is 0. The molecule has 3 N–H and O–H groups in total. The summed E-state index contributed by atoms with van der Waals surface area (Å²) in [4.78, 5) is 47.3. The van der Waals surface area contributed by atoms with Crippen molar-refractivity contribution in [1.29, 1.82) is 0 Å². The molecule has 0 aromatic rings. The Kier molecular flexibility index (Phi) is 4.44. The van der Waals surface area contributed by atoms with E-state index in [9.17, 15) is 19.2 Å². The molecule has 8 heteroatoms. The number of rotatable bonds is 6. The monoisotopic (exact) mass is 298 g/mol. The number of aliphatic carboxylic acids is 2. The maximum Gasteiger partial charge on any atom is 0.326 e. The van der Waals surface area contributed by atoms with E-state index in [1.165, 1.54) is 4.90 Å². The van der Waals surface area contributed by atoms with Crippen LogP contribution in [0.15, 0.2) is 0 Å². The summed E-state index contributed by atoms with van der Waals surface area (Å²) >= 11 is 0. The average molecular weight is 298 g/mol. The van der Waals surface area contributed by atoms with Crippen LogP contribution in [0.25, 0.3) is 0 Å². The zero-order valence-corrected chi connectivity index (χ0v) is 11.4. The highest BCUT2D eigenvalue weighted by Crippen LogP contribution is 2.33. The van der Waals surface area contributed by atoms with Gasteiger partial charge in [0.2, 0.25) is 11.8 Å². The van der Waals surface area contributed by atoms with Gasteiger partial charge in [0.05, 0.1) is 6.42 Å². The fraction of sp³-hybridized carbons (Fsp3) is 0.692. The van der Waals surface area contributed by atoms with Gasteiger partial charge in [0.25, 0.3) is 0 Å². The van der Waals surface area contributed by atoms with E-state index in [1.807, 2.05) is 0 Å². The Morgan fingerprint density at radius 2 is 1.81 bits per heavy atom. The number of nitrogens with zero attached hydrogens (tertiary/aromatic N) is 1. The molecule has 2 amide bonds. The zero-order chi connectivity index (χ0) is 15.6. The minimum absolute atomic E-state index is 0.00677. The van der Waals surface area contributed by atoms with Gasteiger partial charge in [0.1, 0.15) is 12.1 Å². The largest absolute Gasteiger partial charge is 0.481 e. The Morgan fingerprint density at radius 3 is 2.33 bits per heavy atom. The summed E-state index contributed by atoms with van der Waals surface area (Å²) in [7, 11) is 0. The molecule has 0 aromatic heterocycles. The van der Waals surface area contributed by atoms with Crippen molar-refractivity contribution >= 4 is 23.8 Å². The van der Waals surface area contributed by atoms with E-state index < -0.39 is 36.4 Å². The van der Waals surface area contributed by atoms with Gasteiger partial charge < -0.3 is 20.4 Å². The lowest BCUT2D eigenvalue weighted by Crippen LogP contribution is -2.51. The summed E-state index contributed by atoms with van der Waals surface area (Å²) in [6, 6.07) is -2.16. The van der Waals surface area contributed by atoms with E-state index in [-0.39, 0.29) is 11.8 Å². The molecule has 1 unspecified atom stereocenters. The number of hydrogen-bond donors (Lipinski definition) is 3. The molecule has 21 heavy (non-hydrogen) atoms. The summed E-state index contributed by atoms with van der Waals surface area (Å²) in [5.74, 6) is -3.36. The third-order valence-electron chi connectivity index (χ3n) is 3.76. The summed E-state index contributed by atoms with van der Waals surface area (Å²) < 4.78 is 0. The highest BCUT2D eigenvalue weighted by atomic mass is 16.4. The lowest BCUT2D eigenvalue weighted by atomic mass is 10.1. The molecule has 2 fully saturated rings. The molecule has 2 rings (SSSR count). The fourth-order valence-corrected chi connectivity index (χ4v) is 2.51. The second-order valence-corrected chi connectivity index (χ2v) is 5.46. The second kappa shape index (κ2) is 6.11. The fourth-order valence-electron chi connectivity index (χ4n) is 2.51. The normalized spacial score (nSPS) is 22.7. The topological polar surface area (TPSA) is 124 Å². The van der Waals surface area contributed by atoms with Crippen LogP contribution in [0.1, 0.15) is 32.1 Å². The predicted molar refractivity (Wildman–Crippen MR) is 69.3 cm³/mol. The van der Waals surface area contributed by atoms with E-state index in [0.717, 1.165) is 12.8 Å². The number of hydrogen-bond acceptors (Lipinski definition) is 4. The molecule has 2 atom stereocenters. The summed E-state index contributed by atoms with van der Waals surface area (Å²) in [6.45, 7) is 0.490. The van der Waals surface area contributed by atoms with Crippen molar-refractivity contribution in [1.82, 2.24) is 10.2 Å². The third kappa shape index (κ3) is 3.71. The van der Waals surface area contributed by atoms with E-state index in [2.05, 4.69) is 5.32 Å². The third-order valence-corrected chi connectivity index (χ3v) is 3.76. The first-order chi connectivity index (χ1) is 9.90. The molecule has 116 valence electrons. The van der Waals surface area contributed by atoms with Crippen LogP contribution >= 0.6 is 0 Å². The highest BCUT2D eigenvalue weighted by molar-refractivity contribution is 5.93. The number of carboxylic acids is 2. The van der Waals surface area contributed by atoms with Gasteiger partial charge in [0, 0.05) is 12.5 Å². The molecule has 0 bridgehead atoms. The number of carbonyl (C=O) groups excluding carboxylic acids is 2. The van der Waals surface area contributed by atoms with Gasteiger partial charge in [-0.1, -0.05) is 0 Å². The van der Waals surface area contributed by atoms with Crippen molar-refractivity contribution in [3.8, 4) is 0 Å². The molecule has 1 aliphatic heterocycles. The van der Waals surface area contributed by atoms with Crippen molar-refractivity contribution in [2.45, 2.75) is 44.2 Å². The Hall–Kier alpha value is -2.12. The van der Waals surface area contributed by atoms with E-state index >= 15 is 0 Å². The molecular weight excluding hydrogens is 280 g/mol. The molecular formula is C13H18N2O6. The Balaban J connectivity index is 1.98. The molecule has 0 radical (unpaired) electrons. The maximum absolute atomic E-state index is 12.1. The van der Waals surface area contributed by atoms with Crippen molar-refractivity contribution in [2.24, 2.45) is 5.92 Å². The lowest BCUT2D eigenvalue weighted by Gasteiger charge is -2.25. The molecule has 1 saturated heterocycles. The van der Waals surface area contributed by atoms with Gasteiger partial charge in [0.15, 0.2) is 0 Å². The maximum atomic E-state index is 12.1. The molecule has 8 nitrogen and oxygen atoms in total. The smallest absolute Gasteiger partial charge is 0.326 e. The molecule has 1 saturated carbocycles. The quantitative estimate of drug-likeness (QED) is 0.603. The van der Waals surface area contributed by atoms with Crippen LogP contribution in [-0.2, 0) is 19.2 Å². The van der Waals surface area contributed by atoms with E-state index in [1.54, 1.807) is 0 Å². The first kappa shape index (κ1) is 15.3. The van der Waals surface area contributed by atoms with Crippen molar-refractivity contribution in [3.63, 3.8) is 0 Å². The number of carbonyl (C=O) groups is 4. The van der Waals surface area contributed by atoms with Crippen LogP contribution in [0, 0.1) is 5.92 Å². The van der Waals surface area contributed by atoms with Crippen LogP contribution in [-0.4, -0.2) is 57.5 Å². The van der Waals surface area contributed by atoms with Gasteiger partial charge in [-0.3, -0.25) is 14.4 Å². The Morgan fingerprint density at radius 1 is 1.14 bits per heavy atom. The first-order valence-electron chi connectivity index (χ1n) is 6.95. The minimum Gasteiger partial charge on any atom is -0.481 e. The van der Waals surface area contributed by atoms with Crippen LogP contribution in [0.3, 0.4) is 0 Å². The predicted octanol–water partition coefficient (Wildman–Crippen LogP) is -0.568. The van der Waals surface area contributed by atoms with Crippen molar-refractivity contribution in [3.05, 3.63) is 0 Å². The van der Waals surface area contributed by atoms with Gasteiger partial charge in [-0.2, -0.15) is 0 Å². The SMILES string of the molecule is O=C(O)C[C@H](NC(=O)C1CCCN1C(=O)C1CC1)C(=O)O. The van der Waals surface area contributed by atoms with Gasteiger partial charge in [-0.15, -0.1) is 0 Å².